The van der Waals surface area contributed by atoms with Gasteiger partial charge >= 0.3 is 0 Å². The van der Waals surface area contributed by atoms with Crippen molar-refractivity contribution in [3.05, 3.63) is 94.2 Å². The molecule has 0 aliphatic carbocycles. The van der Waals surface area contributed by atoms with E-state index in [1.54, 1.807) is 42.5 Å². The van der Waals surface area contributed by atoms with Crippen LogP contribution < -0.4 is 15.4 Å². The van der Waals surface area contributed by atoms with Gasteiger partial charge in [0.25, 0.3) is 11.8 Å². The molecule has 2 aromatic heterocycles. The molecule has 192 valence electrons. The van der Waals surface area contributed by atoms with Gasteiger partial charge in [0.05, 0.1) is 6.20 Å². The predicted molar refractivity (Wildman–Crippen MR) is 132 cm³/mol. The smallest absolute Gasteiger partial charge is 0.270 e. The molecule has 2 amide bonds. The molecule has 5 rings (SSSR count). The number of hydrogen-bond donors (Lipinski definition) is 2. The summed E-state index contributed by atoms with van der Waals surface area (Å²) in [7, 11) is 0. The van der Waals surface area contributed by atoms with Gasteiger partial charge in [0.1, 0.15) is 23.7 Å². The van der Waals surface area contributed by atoms with E-state index in [1.165, 1.54) is 13.0 Å². The second-order valence-corrected chi connectivity index (χ2v) is 8.82. The second kappa shape index (κ2) is 10.2. The minimum absolute atomic E-state index is 0.0297. The van der Waals surface area contributed by atoms with Crippen LogP contribution in [0.4, 0.5) is 4.39 Å². The van der Waals surface area contributed by atoms with Crippen LogP contribution in [0.15, 0.2) is 54.7 Å². The monoisotopic (exact) mass is 515 g/mol. The lowest BCUT2D eigenvalue weighted by molar-refractivity contribution is -0.121. The van der Waals surface area contributed by atoms with E-state index in [9.17, 15) is 23.6 Å². The van der Waals surface area contributed by atoms with Crippen LogP contribution in [0.25, 0.3) is 5.65 Å². The number of ether oxygens (including phenoxy) is 1. The van der Waals surface area contributed by atoms with Crippen molar-refractivity contribution < 1.29 is 28.3 Å². The predicted octanol–water partition coefficient (Wildman–Crippen LogP) is 2.44. The quantitative estimate of drug-likeness (QED) is 0.362. The van der Waals surface area contributed by atoms with Gasteiger partial charge in [0, 0.05) is 36.7 Å². The number of hydrogen-bond acceptors (Lipinski definition) is 7. The molecule has 0 spiro atoms. The molecular weight excluding hydrogens is 493 g/mol. The molecule has 0 atom stereocenters. The Kier molecular flexibility index (Phi) is 6.65. The maximum Gasteiger partial charge on any atom is 0.270 e. The number of carbonyl (C=O) groups excluding carboxylic acids is 4. The number of benzene rings is 2. The topological polar surface area (TPSA) is 132 Å². The molecule has 2 N–H and O–H groups in total. The largest absolute Gasteiger partial charge is 0.486 e. The Bertz CT molecular complexity index is 1600. The summed E-state index contributed by atoms with van der Waals surface area (Å²) in [5.74, 6) is -1.46. The van der Waals surface area contributed by atoms with Gasteiger partial charge in [-0.05, 0) is 30.2 Å². The van der Waals surface area contributed by atoms with Gasteiger partial charge in [0.2, 0.25) is 0 Å². The highest BCUT2D eigenvalue weighted by Crippen LogP contribution is 2.24. The Hall–Kier alpha value is -4.93. The second-order valence-electron chi connectivity index (χ2n) is 8.82. The van der Waals surface area contributed by atoms with E-state index >= 15 is 0 Å². The van der Waals surface area contributed by atoms with E-state index in [4.69, 9.17) is 4.74 Å². The third kappa shape index (κ3) is 5.12. The molecule has 1 aliphatic rings. The molecule has 0 saturated heterocycles. The molecule has 0 bridgehead atoms. The van der Waals surface area contributed by atoms with Crippen LogP contribution >= 0.6 is 0 Å². The number of nitrogens with zero attached hydrogens (tertiary/aromatic N) is 3. The van der Waals surface area contributed by atoms with Crippen molar-refractivity contribution in [3.8, 4) is 5.75 Å². The molecule has 0 saturated carbocycles. The molecule has 4 aromatic rings. The highest BCUT2D eigenvalue weighted by atomic mass is 19.1. The van der Waals surface area contributed by atoms with Crippen molar-refractivity contribution in [3.63, 3.8) is 0 Å². The Morgan fingerprint density at radius 3 is 2.47 bits per heavy atom. The molecule has 1 aliphatic heterocycles. The van der Waals surface area contributed by atoms with Crippen molar-refractivity contribution >= 4 is 29.0 Å². The number of halogens is 1. The first-order valence-corrected chi connectivity index (χ1v) is 11.8. The first kappa shape index (κ1) is 24.8. The van der Waals surface area contributed by atoms with Crippen molar-refractivity contribution in [2.75, 3.05) is 6.61 Å². The van der Waals surface area contributed by atoms with Crippen LogP contribution in [0.1, 0.15) is 54.9 Å². The fourth-order valence-electron chi connectivity index (χ4n) is 4.06. The molecule has 0 radical (unpaired) electrons. The molecule has 2 aromatic carbocycles. The standard InChI is InChI=1S/C27H22FN5O5/c1-15(34)18-5-2-16(3-6-18)11-30-27(37)23-10-22(32-25-21(28)13-31-33(23)25)26(36)29-12-17-4-7-24-19(8-17)9-20(35)14-38-24/h2-8,10,13H,9,11-12,14H2,1H3,(H,29,36)(H,30,37). The van der Waals surface area contributed by atoms with Crippen LogP contribution in [0.2, 0.25) is 0 Å². The zero-order chi connectivity index (χ0) is 26.8. The Labute approximate surface area is 215 Å². The number of nitrogens with one attached hydrogen (secondary N) is 2. The summed E-state index contributed by atoms with van der Waals surface area (Å²) < 4.78 is 20.8. The van der Waals surface area contributed by atoms with Gasteiger partial charge in [-0.1, -0.05) is 30.3 Å². The number of carbonyl (C=O) groups is 4. The maximum absolute atomic E-state index is 14.4. The average molecular weight is 516 g/mol. The summed E-state index contributed by atoms with van der Waals surface area (Å²) >= 11 is 0. The summed E-state index contributed by atoms with van der Waals surface area (Å²) in [6.45, 7) is 1.76. The fourth-order valence-corrected chi connectivity index (χ4v) is 4.06. The van der Waals surface area contributed by atoms with Crippen LogP contribution in [-0.4, -0.2) is 44.6 Å². The normalized spacial score (nSPS) is 12.5. The zero-order valence-electron chi connectivity index (χ0n) is 20.3. The van der Waals surface area contributed by atoms with Gasteiger partial charge in [-0.25, -0.2) is 13.9 Å². The van der Waals surface area contributed by atoms with Gasteiger partial charge in [-0.15, -0.1) is 0 Å². The van der Waals surface area contributed by atoms with Gasteiger partial charge in [0.15, 0.2) is 23.0 Å². The molecule has 3 heterocycles. The average Bonchev–Trinajstić information content (AvgIpc) is 3.30. The maximum atomic E-state index is 14.4. The first-order chi connectivity index (χ1) is 18.3. The highest BCUT2D eigenvalue weighted by Gasteiger charge is 2.21. The Morgan fingerprint density at radius 1 is 1.00 bits per heavy atom. The van der Waals surface area contributed by atoms with Crippen molar-refractivity contribution in [1.29, 1.82) is 0 Å². The summed E-state index contributed by atoms with van der Waals surface area (Å²) in [6.07, 6.45) is 1.17. The van der Waals surface area contributed by atoms with Crippen molar-refractivity contribution in [2.24, 2.45) is 0 Å². The van der Waals surface area contributed by atoms with Crippen LogP contribution in [-0.2, 0) is 24.3 Å². The summed E-state index contributed by atoms with van der Waals surface area (Å²) in [5.41, 5.74) is 2.27. The Balaban J connectivity index is 1.32. The van der Waals surface area contributed by atoms with E-state index < -0.39 is 17.6 Å². The lowest BCUT2D eigenvalue weighted by atomic mass is 10.0. The highest BCUT2D eigenvalue weighted by molar-refractivity contribution is 5.98. The molecule has 11 heteroatoms. The number of rotatable bonds is 7. The lowest BCUT2D eigenvalue weighted by Gasteiger charge is -2.17. The minimum Gasteiger partial charge on any atom is -0.486 e. The molecule has 0 unspecified atom stereocenters. The Morgan fingerprint density at radius 2 is 1.71 bits per heavy atom. The van der Waals surface area contributed by atoms with E-state index in [-0.39, 0.29) is 54.7 Å². The van der Waals surface area contributed by atoms with Gasteiger partial charge in [-0.3, -0.25) is 19.2 Å². The van der Waals surface area contributed by atoms with E-state index in [2.05, 4.69) is 20.7 Å². The number of amides is 2. The SMILES string of the molecule is CC(=O)c1ccc(CNC(=O)c2cc(C(=O)NCc3ccc4c(c3)CC(=O)CO4)nc3c(F)cnn23)cc1. The molecule has 38 heavy (non-hydrogen) atoms. The van der Waals surface area contributed by atoms with Crippen LogP contribution in [0.3, 0.4) is 0 Å². The molecular formula is C27H22FN5O5. The summed E-state index contributed by atoms with van der Waals surface area (Å²) in [5, 5.41) is 9.30. The molecule has 0 fully saturated rings. The zero-order valence-corrected chi connectivity index (χ0v) is 20.3. The number of aromatic nitrogens is 3. The van der Waals surface area contributed by atoms with E-state index in [0.717, 1.165) is 27.4 Å². The first-order valence-electron chi connectivity index (χ1n) is 11.8. The van der Waals surface area contributed by atoms with E-state index in [1.807, 2.05) is 0 Å². The number of Topliss-reactive ketones (excluding diaryl/α,β-unsaturated/α-hetero) is 2. The van der Waals surface area contributed by atoms with Crippen LogP contribution in [0.5, 0.6) is 5.75 Å². The number of fused-ring (bicyclic) bond motifs is 2. The third-order valence-corrected chi connectivity index (χ3v) is 6.06. The van der Waals surface area contributed by atoms with Gasteiger partial charge in [-0.2, -0.15) is 5.10 Å². The fraction of sp³-hybridized carbons (Fsp3) is 0.185. The number of ketones is 2. The van der Waals surface area contributed by atoms with E-state index in [0.29, 0.717) is 11.3 Å². The van der Waals surface area contributed by atoms with Gasteiger partial charge < -0.3 is 15.4 Å². The summed E-state index contributed by atoms with van der Waals surface area (Å²) in [4.78, 5) is 53.1. The molecule has 10 nitrogen and oxygen atoms in total. The lowest BCUT2D eigenvalue weighted by Crippen LogP contribution is -2.28. The summed E-state index contributed by atoms with van der Waals surface area (Å²) in [6, 6.07) is 13.3. The van der Waals surface area contributed by atoms with Crippen molar-refractivity contribution in [2.45, 2.75) is 26.4 Å². The van der Waals surface area contributed by atoms with Crippen molar-refractivity contribution in [1.82, 2.24) is 25.2 Å². The minimum atomic E-state index is -0.784. The third-order valence-electron chi connectivity index (χ3n) is 6.06. The van der Waals surface area contributed by atoms with Crippen LogP contribution in [0, 0.1) is 5.82 Å².